The lowest BCUT2D eigenvalue weighted by atomic mass is 9.91. The Bertz CT molecular complexity index is 363. The van der Waals surface area contributed by atoms with Gasteiger partial charge in [0.15, 0.2) is 6.29 Å². The van der Waals surface area contributed by atoms with Gasteiger partial charge in [-0.3, -0.25) is 4.79 Å². The van der Waals surface area contributed by atoms with E-state index in [-0.39, 0.29) is 12.0 Å². The van der Waals surface area contributed by atoms with Crippen LogP contribution in [0.5, 0.6) is 0 Å². The standard InChI is InChI=1S/C11H15NO2S/c1-11(8-14)2-3-12(7-11)9-4-10(5-13)15-6-9/h4-6,14H,2-3,7-8H2,1H3. The molecular weight excluding hydrogens is 210 g/mol. The predicted molar refractivity (Wildman–Crippen MR) is 61.7 cm³/mol. The number of thiophene rings is 1. The maximum absolute atomic E-state index is 10.6. The molecule has 1 unspecified atom stereocenters. The molecule has 1 aromatic heterocycles. The molecule has 0 spiro atoms. The third-order valence-corrected chi connectivity index (χ3v) is 3.87. The number of anilines is 1. The molecule has 1 aliphatic heterocycles. The first kappa shape index (κ1) is 10.6. The van der Waals surface area contributed by atoms with Crippen LogP contribution in [0, 0.1) is 5.41 Å². The highest BCUT2D eigenvalue weighted by molar-refractivity contribution is 7.12. The summed E-state index contributed by atoms with van der Waals surface area (Å²) in [5.74, 6) is 0. The van der Waals surface area contributed by atoms with Gasteiger partial charge in [-0.05, 0) is 12.5 Å². The van der Waals surface area contributed by atoms with Crippen LogP contribution in [0.15, 0.2) is 11.4 Å². The molecule has 2 heterocycles. The number of hydrogen-bond donors (Lipinski definition) is 1. The molecule has 2 rings (SSSR count). The molecule has 0 radical (unpaired) electrons. The lowest BCUT2D eigenvalue weighted by Crippen LogP contribution is -2.27. The predicted octanol–water partition coefficient (Wildman–Crippen LogP) is 1.77. The topological polar surface area (TPSA) is 40.5 Å². The summed E-state index contributed by atoms with van der Waals surface area (Å²) >= 11 is 1.47. The summed E-state index contributed by atoms with van der Waals surface area (Å²) in [6.45, 7) is 4.17. The van der Waals surface area contributed by atoms with E-state index in [9.17, 15) is 9.90 Å². The number of carbonyl (C=O) groups excluding carboxylic acids is 1. The zero-order valence-electron chi connectivity index (χ0n) is 8.77. The average molecular weight is 225 g/mol. The quantitative estimate of drug-likeness (QED) is 0.797. The van der Waals surface area contributed by atoms with E-state index in [0.717, 1.165) is 36.4 Å². The first-order chi connectivity index (χ1) is 7.17. The Kier molecular flexibility index (Phi) is 2.80. The Morgan fingerprint density at radius 2 is 2.53 bits per heavy atom. The Labute approximate surface area is 93.3 Å². The van der Waals surface area contributed by atoms with Gasteiger partial charge in [-0.15, -0.1) is 11.3 Å². The lowest BCUT2D eigenvalue weighted by Gasteiger charge is -2.22. The molecule has 1 aliphatic rings. The SMILES string of the molecule is CC1(CO)CCN(c2csc(C=O)c2)C1. The molecule has 1 atom stereocenters. The van der Waals surface area contributed by atoms with Crippen LogP contribution in [0.2, 0.25) is 0 Å². The van der Waals surface area contributed by atoms with E-state index in [4.69, 9.17) is 0 Å². The van der Waals surface area contributed by atoms with Gasteiger partial charge in [0, 0.05) is 29.6 Å². The van der Waals surface area contributed by atoms with E-state index in [2.05, 4.69) is 11.8 Å². The fourth-order valence-corrected chi connectivity index (χ4v) is 2.66. The molecule has 4 heteroatoms. The van der Waals surface area contributed by atoms with Crippen LogP contribution in [-0.4, -0.2) is 31.1 Å². The van der Waals surface area contributed by atoms with E-state index in [0.29, 0.717) is 0 Å². The molecule has 82 valence electrons. The Morgan fingerprint density at radius 3 is 3.07 bits per heavy atom. The first-order valence-corrected chi connectivity index (χ1v) is 5.94. The Morgan fingerprint density at radius 1 is 1.73 bits per heavy atom. The highest BCUT2D eigenvalue weighted by Crippen LogP contribution is 2.34. The molecular formula is C11H15NO2S. The molecule has 1 saturated heterocycles. The minimum atomic E-state index is 0.0171. The van der Waals surface area contributed by atoms with Gasteiger partial charge in [0.05, 0.1) is 11.5 Å². The van der Waals surface area contributed by atoms with Gasteiger partial charge in [0.2, 0.25) is 0 Å². The minimum absolute atomic E-state index is 0.0171. The summed E-state index contributed by atoms with van der Waals surface area (Å²) in [5.41, 5.74) is 1.13. The fourth-order valence-electron chi connectivity index (χ4n) is 1.94. The van der Waals surface area contributed by atoms with Gasteiger partial charge < -0.3 is 10.0 Å². The van der Waals surface area contributed by atoms with E-state index in [1.54, 1.807) is 0 Å². The number of aliphatic hydroxyl groups is 1. The Balaban J connectivity index is 2.10. The largest absolute Gasteiger partial charge is 0.396 e. The van der Waals surface area contributed by atoms with Crippen molar-refractivity contribution < 1.29 is 9.90 Å². The lowest BCUT2D eigenvalue weighted by molar-refractivity contribution is 0.112. The zero-order valence-corrected chi connectivity index (χ0v) is 9.59. The second kappa shape index (κ2) is 3.94. The molecule has 0 bridgehead atoms. The van der Waals surface area contributed by atoms with Gasteiger partial charge in [-0.25, -0.2) is 0 Å². The third kappa shape index (κ3) is 2.06. The molecule has 0 aromatic carbocycles. The van der Waals surface area contributed by atoms with Crippen molar-refractivity contribution in [1.29, 1.82) is 0 Å². The summed E-state index contributed by atoms with van der Waals surface area (Å²) < 4.78 is 0. The van der Waals surface area contributed by atoms with Crippen molar-refractivity contribution in [1.82, 2.24) is 0 Å². The van der Waals surface area contributed by atoms with Crippen LogP contribution in [0.25, 0.3) is 0 Å². The molecule has 1 fully saturated rings. The summed E-state index contributed by atoms with van der Waals surface area (Å²) in [6.07, 6.45) is 1.89. The van der Waals surface area contributed by atoms with Crippen molar-refractivity contribution in [2.75, 3.05) is 24.6 Å². The van der Waals surface area contributed by atoms with Gasteiger partial charge in [-0.2, -0.15) is 0 Å². The van der Waals surface area contributed by atoms with Gasteiger partial charge >= 0.3 is 0 Å². The van der Waals surface area contributed by atoms with Crippen molar-refractivity contribution >= 4 is 23.3 Å². The number of hydrogen-bond acceptors (Lipinski definition) is 4. The number of aldehydes is 1. The van der Waals surface area contributed by atoms with Crippen LogP contribution in [-0.2, 0) is 0 Å². The average Bonchev–Trinajstić information content (AvgIpc) is 2.84. The van der Waals surface area contributed by atoms with Crippen LogP contribution < -0.4 is 4.90 Å². The summed E-state index contributed by atoms with van der Waals surface area (Å²) in [4.78, 5) is 13.6. The maximum Gasteiger partial charge on any atom is 0.160 e. The van der Waals surface area contributed by atoms with Crippen LogP contribution in [0.4, 0.5) is 5.69 Å². The summed E-state index contributed by atoms with van der Waals surface area (Å²) in [6, 6.07) is 1.92. The van der Waals surface area contributed by atoms with E-state index >= 15 is 0 Å². The second-order valence-electron chi connectivity index (χ2n) is 4.47. The second-order valence-corrected chi connectivity index (χ2v) is 5.41. The fraction of sp³-hybridized carbons (Fsp3) is 0.545. The molecule has 15 heavy (non-hydrogen) atoms. The van der Waals surface area contributed by atoms with Crippen LogP contribution in [0.1, 0.15) is 23.0 Å². The van der Waals surface area contributed by atoms with Crippen molar-refractivity contribution in [3.63, 3.8) is 0 Å². The molecule has 0 saturated carbocycles. The Hall–Kier alpha value is -0.870. The monoisotopic (exact) mass is 225 g/mol. The highest BCUT2D eigenvalue weighted by Gasteiger charge is 2.33. The van der Waals surface area contributed by atoms with Crippen LogP contribution in [0.3, 0.4) is 0 Å². The zero-order chi connectivity index (χ0) is 10.9. The summed E-state index contributed by atoms with van der Waals surface area (Å²) in [7, 11) is 0. The van der Waals surface area contributed by atoms with Crippen LogP contribution >= 0.6 is 11.3 Å². The highest BCUT2D eigenvalue weighted by atomic mass is 32.1. The number of rotatable bonds is 3. The molecule has 1 aromatic rings. The number of carbonyl (C=O) groups is 1. The molecule has 3 nitrogen and oxygen atoms in total. The van der Waals surface area contributed by atoms with E-state index < -0.39 is 0 Å². The van der Waals surface area contributed by atoms with Gasteiger partial charge in [0.1, 0.15) is 0 Å². The van der Waals surface area contributed by atoms with Crippen molar-refractivity contribution in [2.24, 2.45) is 5.41 Å². The third-order valence-electron chi connectivity index (χ3n) is 3.03. The first-order valence-electron chi connectivity index (χ1n) is 5.06. The molecule has 0 amide bonds. The van der Waals surface area contributed by atoms with Gasteiger partial charge in [-0.1, -0.05) is 6.92 Å². The summed E-state index contributed by atoms with van der Waals surface area (Å²) in [5, 5.41) is 11.3. The van der Waals surface area contributed by atoms with Crippen molar-refractivity contribution in [3.8, 4) is 0 Å². The van der Waals surface area contributed by atoms with E-state index in [1.165, 1.54) is 11.3 Å². The van der Waals surface area contributed by atoms with E-state index in [1.807, 2.05) is 11.4 Å². The number of nitrogens with zero attached hydrogens (tertiary/aromatic N) is 1. The van der Waals surface area contributed by atoms with Gasteiger partial charge in [0.25, 0.3) is 0 Å². The number of aliphatic hydroxyl groups excluding tert-OH is 1. The van der Waals surface area contributed by atoms with Crippen molar-refractivity contribution in [3.05, 3.63) is 16.3 Å². The minimum Gasteiger partial charge on any atom is -0.396 e. The molecule has 1 N–H and O–H groups in total. The maximum atomic E-state index is 10.6. The smallest absolute Gasteiger partial charge is 0.160 e. The normalized spacial score (nSPS) is 25.9. The van der Waals surface area contributed by atoms with Crippen molar-refractivity contribution in [2.45, 2.75) is 13.3 Å². The molecule has 0 aliphatic carbocycles.